The molecular weight excluding hydrogens is 418 g/mol. The van der Waals surface area contributed by atoms with Crippen LogP contribution in [-0.2, 0) is 6.61 Å². The average molecular weight is 436 g/mol. The van der Waals surface area contributed by atoms with E-state index in [1.807, 2.05) is 13.0 Å². The molecule has 0 saturated heterocycles. The zero-order chi connectivity index (χ0) is 22.7. The topological polar surface area (TPSA) is 84.7 Å². The Hall–Kier alpha value is -4.27. The second-order valence-electron chi connectivity index (χ2n) is 7.04. The molecule has 32 heavy (non-hydrogen) atoms. The fourth-order valence-electron chi connectivity index (χ4n) is 3.00. The Balaban J connectivity index is 1.36. The van der Waals surface area contributed by atoms with Crippen molar-refractivity contribution in [3.05, 3.63) is 100 Å². The number of fused-ring (bicyclic) bond motifs is 1. The Labute approximate surface area is 181 Å². The fourth-order valence-corrected chi connectivity index (χ4v) is 3.00. The Morgan fingerprint density at radius 2 is 1.81 bits per heavy atom. The van der Waals surface area contributed by atoms with Gasteiger partial charge >= 0.3 is 6.03 Å². The summed E-state index contributed by atoms with van der Waals surface area (Å²) in [5.74, 6) is -1.10. The van der Waals surface area contributed by atoms with Crippen LogP contribution in [0.5, 0.6) is 5.75 Å². The number of aryl methyl sites for hydroxylation is 1. The number of nitrogens with one attached hydrogen (secondary N) is 2. The van der Waals surface area contributed by atoms with E-state index < -0.39 is 17.7 Å². The molecule has 2 aromatic carbocycles. The van der Waals surface area contributed by atoms with Gasteiger partial charge in [0.2, 0.25) is 0 Å². The highest BCUT2D eigenvalue weighted by atomic mass is 19.1. The summed E-state index contributed by atoms with van der Waals surface area (Å²) in [4.78, 5) is 28.7. The zero-order valence-electron chi connectivity index (χ0n) is 16.9. The lowest BCUT2D eigenvalue weighted by Gasteiger charge is -2.10. The largest absolute Gasteiger partial charge is 0.487 e. The lowest BCUT2D eigenvalue weighted by atomic mass is 10.3. The van der Waals surface area contributed by atoms with Crippen LogP contribution in [0.15, 0.2) is 71.7 Å². The summed E-state index contributed by atoms with van der Waals surface area (Å²) in [6.45, 7) is 1.99. The highest BCUT2D eigenvalue weighted by Crippen LogP contribution is 2.18. The Morgan fingerprint density at radius 1 is 1.03 bits per heavy atom. The molecule has 0 aliphatic heterocycles. The molecule has 2 N–H and O–H groups in total. The number of pyridine rings is 1. The molecular formula is C23H18F2N4O3. The van der Waals surface area contributed by atoms with E-state index in [2.05, 4.69) is 15.6 Å². The number of aromatic nitrogens is 2. The van der Waals surface area contributed by atoms with Crippen LogP contribution in [0.1, 0.15) is 11.3 Å². The van der Waals surface area contributed by atoms with E-state index in [1.54, 1.807) is 36.5 Å². The first kappa shape index (κ1) is 21.0. The number of amides is 2. The monoisotopic (exact) mass is 436 g/mol. The molecule has 0 bridgehead atoms. The summed E-state index contributed by atoms with van der Waals surface area (Å²) in [6.07, 6.45) is 1.72. The third kappa shape index (κ3) is 4.89. The van der Waals surface area contributed by atoms with Gasteiger partial charge in [-0.3, -0.25) is 9.20 Å². The number of halogens is 2. The van der Waals surface area contributed by atoms with Crippen molar-refractivity contribution in [1.82, 2.24) is 9.38 Å². The van der Waals surface area contributed by atoms with Crippen molar-refractivity contribution in [2.45, 2.75) is 13.5 Å². The maximum absolute atomic E-state index is 13.6. The van der Waals surface area contributed by atoms with Gasteiger partial charge in [-0.15, -0.1) is 0 Å². The van der Waals surface area contributed by atoms with Crippen molar-refractivity contribution in [3.8, 4) is 5.75 Å². The number of hydrogen-bond donors (Lipinski definition) is 2. The third-order valence-corrected chi connectivity index (χ3v) is 4.54. The van der Waals surface area contributed by atoms with Gasteiger partial charge in [0.05, 0.1) is 11.4 Å². The number of rotatable bonds is 5. The summed E-state index contributed by atoms with van der Waals surface area (Å²) in [6, 6.07) is 13.7. The second-order valence-corrected chi connectivity index (χ2v) is 7.04. The summed E-state index contributed by atoms with van der Waals surface area (Å²) in [7, 11) is 0. The van der Waals surface area contributed by atoms with E-state index in [4.69, 9.17) is 4.74 Å². The number of carbonyl (C=O) groups is 1. The van der Waals surface area contributed by atoms with Crippen molar-refractivity contribution >= 4 is 23.1 Å². The SMILES string of the molecule is Cc1ccc2nc(COc3ccc(NC(=O)Nc4ccc(F)cc4F)cc3)cc(=O)n2c1. The lowest BCUT2D eigenvalue weighted by Crippen LogP contribution is -2.20. The Bertz CT molecular complexity index is 1350. The summed E-state index contributed by atoms with van der Waals surface area (Å²) in [5.41, 5.74) is 2.08. The number of ether oxygens (including phenoxy) is 1. The first-order valence-electron chi connectivity index (χ1n) is 9.62. The minimum Gasteiger partial charge on any atom is -0.487 e. The predicted octanol–water partition coefficient (Wildman–Crippen LogP) is 4.50. The molecule has 0 radical (unpaired) electrons. The van der Waals surface area contributed by atoms with Crippen LogP contribution in [-0.4, -0.2) is 15.4 Å². The van der Waals surface area contributed by atoms with Crippen LogP contribution in [0.2, 0.25) is 0 Å². The van der Waals surface area contributed by atoms with E-state index in [9.17, 15) is 18.4 Å². The van der Waals surface area contributed by atoms with Crippen LogP contribution in [0, 0.1) is 18.6 Å². The molecule has 0 atom stereocenters. The van der Waals surface area contributed by atoms with Gasteiger partial charge in [0, 0.05) is 24.0 Å². The van der Waals surface area contributed by atoms with E-state index in [0.717, 1.165) is 17.7 Å². The molecule has 162 valence electrons. The molecule has 0 saturated carbocycles. The van der Waals surface area contributed by atoms with Gasteiger partial charge in [0.1, 0.15) is 29.6 Å². The van der Waals surface area contributed by atoms with E-state index in [1.165, 1.54) is 10.5 Å². The Kier molecular flexibility index (Phi) is 5.80. The molecule has 7 nitrogen and oxygen atoms in total. The zero-order valence-corrected chi connectivity index (χ0v) is 16.9. The van der Waals surface area contributed by atoms with E-state index >= 15 is 0 Å². The van der Waals surface area contributed by atoms with Crippen LogP contribution < -0.4 is 20.9 Å². The molecule has 2 aromatic heterocycles. The number of hydrogen-bond acceptors (Lipinski definition) is 4. The maximum atomic E-state index is 13.6. The van der Waals surface area contributed by atoms with Gasteiger partial charge in [-0.25, -0.2) is 18.6 Å². The minimum absolute atomic E-state index is 0.0940. The third-order valence-electron chi connectivity index (χ3n) is 4.54. The maximum Gasteiger partial charge on any atom is 0.323 e. The molecule has 9 heteroatoms. The van der Waals surface area contributed by atoms with Crippen molar-refractivity contribution in [2.75, 3.05) is 10.6 Å². The van der Waals surface area contributed by atoms with Crippen LogP contribution in [0.4, 0.5) is 25.0 Å². The van der Waals surface area contributed by atoms with Gasteiger partial charge in [0.15, 0.2) is 0 Å². The number of urea groups is 1. The number of carbonyl (C=O) groups excluding carboxylic acids is 1. The van der Waals surface area contributed by atoms with Gasteiger partial charge in [-0.2, -0.15) is 0 Å². The molecule has 0 spiro atoms. The van der Waals surface area contributed by atoms with Crippen LogP contribution in [0.25, 0.3) is 5.65 Å². The average Bonchev–Trinajstić information content (AvgIpc) is 2.76. The standard InChI is InChI=1S/C23H18F2N4O3/c1-14-2-9-21-26-17(11-22(30)29(21)12-14)13-32-18-6-4-16(5-7-18)27-23(31)28-20-8-3-15(24)10-19(20)25/h2-12H,13H2,1H3,(H2,27,28,31). The highest BCUT2D eigenvalue weighted by Gasteiger charge is 2.09. The lowest BCUT2D eigenvalue weighted by molar-refractivity contribution is 0.262. The van der Waals surface area contributed by atoms with E-state index in [-0.39, 0.29) is 17.9 Å². The molecule has 4 aromatic rings. The fraction of sp³-hybridized carbons (Fsp3) is 0.0870. The normalized spacial score (nSPS) is 10.7. The molecule has 0 fully saturated rings. The van der Waals surface area contributed by atoms with Gasteiger partial charge in [-0.05, 0) is 55.0 Å². The summed E-state index contributed by atoms with van der Waals surface area (Å²) >= 11 is 0. The highest BCUT2D eigenvalue weighted by molar-refractivity contribution is 5.99. The quantitative estimate of drug-likeness (QED) is 0.482. The van der Waals surface area contributed by atoms with E-state index in [0.29, 0.717) is 28.8 Å². The summed E-state index contributed by atoms with van der Waals surface area (Å²) < 4.78 is 33.7. The smallest absolute Gasteiger partial charge is 0.323 e. The molecule has 0 unspecified atom stereocenters. The summed E-state index contributed by atoms with van der Waals surface area (Å²) in [5, 5.41) is 4.85. The predicted molar refractivity (Wildman–Crippen MR) is 116 cm³/mol. The molecule has 0 aliphatic carbocycles. The van der Waals surface area contributed by atoms with Crippen molar-refractivity contribution < 1.29 is 18.3 Å². The van der Waals surface area contributed by atoms with Gasteiger partial charge in [-0.1, -0.05) is 6.07 Å². The van der Waals surface area contributed by atoms with Gasteiger partial charge < -0.3 is 15.4 Å². The molecule has 0 aliphatic rings. The molecule has 2 amide bonds. The number of benzene rings is 2. The van der Waals surface area contributed by atoms with Crippen molar-refractivity contribution in [3.63, 3.8) is 0 Å². The number of anilines is 2. The van der Waals surface area contributed by atoms with Gasteiger partial charge in [0.25, 0.3) is 5.56 Å². The first-order chi connectivity index (χ1) is 15.4. The Morgan fingerprint density at radius 3 is 2.56 bits per heavy atom. The minimum atomic E-state index is -0.874. The first-order valence-corrected chi connectivity index (χ1v) is 9.62. The molecule has 4 rings (SSSR count). The number of nitrogens with zero attached hydrogens (tertiary/aromatic N) is 2. The van der Waals surface area contributed by atoms with Crippen LogP contribution in [0.3, 0.4) is 0 Å². The van der Waals surface area contributed by atoms with Crippen molar-refractivity contribution in [1.29, 1.82) is 0 Å². The van der Waals surface area contributed by atoms with Crippen LogP contribution >= 0.6 is 0 Å². The van der Waals surface area contributed by atoms with Crippen molar-refractivity contribution in [2.24, 2.45) is 0 Å². The molecule has 2 heterocycles. The second kappa shape index (κ2) is 8.84.